The average Bonchev–Trinajstić information content (AvgIpc) is 2.91. The molecule has 1 aliphatic heterocycles. The van der Waals surface area contributed by atoms with Crippen LogP contribution in [0.4, 0.5) is 4.79 Å². The molecule has 1 aromatic rings. The fourth-order valence-corrected chi connectivity index (χ4v) is 1.92. The maximum Gasteiger partial charge on any atom is 0.340 e. The minimum Gasteiger partial charge on any atom is -0.329 e. The van der Waals surface area contributed by atoms with Crippen molar-refractivity contribution in [2.75, 3.05) is 14.1 Å². The van der Waals surface area contributed by atoms with E-state index in [1.165, 1.54) is 14.9 Å². The summed E-state index contributed by atoms with van der Waals surface area (Å²) in [6.07, 6.45) is 0. The van der Waals surface area contributed by atoms with Gasteiger partial charge in [-0.05, 0) is 26.0 Å². The molecule has 2 rings (SSSR count). The van der Waals surface area contributed by atoms with Gasteiger partial charge >= 0.3 is 6.03 Å². The summed E-state index contributed by atoms with van der Waals surface area (Å²) < 4.78 is 0. The largest absolute Gasteiger partial charge is 0.340 e. The molecule has 0 saturated carbocycles. The predicted octanol–water partition coefficient (Wildman–Crippen LogP) is 1.78. The van der Waals surface area contributed by atoms with E-state index in [9.17, 15) is 9.59 Å². The Morgan fingerprint density at radius 3 is 2.11 bits per heavy atom. The molecular formula is C13H17N3O2. The van der Waals surface area contributed by atoms with Gasteiger partial charge in [0.1, 0.15) is 0 Å². The zero-order valence-corrected chi connectivity index (χ0v) is 11.0. The van der Waals surface area contributed by atoms with Gasteiger partial charge in [0.15, 0.2) is 5.66 Å². The number of urea groups is 1. The number of amides is 3. The van der Waals surface area contributed by atoms with Gasteiger partial charge in [0.05, 0.1) is 0 Å². The molecule has 3 amide bonds. The minimum atomic E-state index is -0.561. The van der Waals surface area contributed by atoms with Crippen LogP contribution in [0, 0.1) is 0 Å². The summed E-state index contributed by atoms with van der Waals surface area (Å²) in [5, 5.41) is 2.94. The Morgan fingerprint density at radius 1 is 1.06 bits per heavy atom. The van der Waals surface area contributed by atoms with Crippen LogP contribution in [0.3, 0.4) is 0 Å². The molecule has 0 aromatic heterocycles. The first-order valence-electron chi connectivity index (χ1n) is 5.78. The molecule has 1 saturated heterocycles. The molecule has 18 heavy (non-hydrogen) atoms. The summed E-state index contributed by atoms with van der Waals surface area (Å²) in [6, 6.07) is 8.77. The highest BCUT2D eigenvalue weighted by molar-refractivity contribution is 5.98. The number of hydrogen-bond acceptors (Lipinski definition) is 2. The van der Waals surface area contributed by atoms with E-state index in [1.807, 2.05) is 32.0 Å². The summed E-state index contributed by atoms with van der Waals surface area (Å²) in [4.78, 5) is 25.7. The Hall–Kier alpha value is -2.04. The number of carbonyl (C=O) groups is 2. The number of hydrogen-bond donors (Lipinski definition) is 0. The van der Waals surface area contributed by atoms with Gasteiger partial charge in [-0.25, -0.2) is 14.8 Å². The number of rotatable bonds is 1. The fraction of sp³-hybridized carbons (Fsp3) is 0.385. The predicted molar refractivity (Wildman–Crippen MR) is 67.6 cm³/mol. The molecular weight excluding hydrogens is 230 g/mol. The van der Waals surface area contributed by atoms with Gasteiger partial charge in [-0.2, -0.15) is 0 Å². The van der Waals surface area contributed by atoms with Gasteiger partial charge in [-0.3, -0.25) is 4.79 Å². The monoisotopic (exact) mass is 247 g/mol. The first-order chi connectivity index (χ1) is 8.37. The second-order valence-electron chi connectivity index (χ2n) is 4.97. The molecule has 0 radical (unpaired) electrons. The van der Waals surface area contributed by atoms with E-state index in [2.05, 4.69) is 0 Å². The molecule has 1 aromatic carbocycles. The second kappa shape index (κ2) is 4.01. The van der Waals surface area contributed by atoms with Gasteiger partial charge in [-0.15, -0.1) is 0 Å². The molecule has 0 N–H and O–H groups in total. The highest BCUT2D eigenvalue weighted by Crippen LogP contribution is 2.40. The first kappa shape index (κ1) is 12.4. The molecule has 5 nitrogen and oxygen atoms in total. The van der Waals surface area contributed by atoms with Gasteiger partial charge in [0.25, 0.3) is 5.91 Å². The standard InChI is InChI=1S/C13H17N3O2/c1-13(2)15(16(13)12(18)14(3)4)11(17)10-8-6-5-7-9-10/h5-9H,1-4H3. The molecule has 1 heterocycles. The number of hydrazine groups is 1. The molecule has 0 aliphatic carbocycles. The highest BCUT2D eigenvalue weighted by Gasteiger charge is 2.60. The van der Waals surface area contributed by atoms with Crippen molar-refractivity contribution >= 4 is 11.9 Å². The van der Waals surface area contributed by atoms with Gasteiger partial charge < -0.3 is 4.90 Å². The zero-order valence-electron chi connectivity index (χ0n) is 11.0. The van der Waals surface area contributed by atoms with Crippen LogP contribution in [0.1, 0.15) is 24.2 Å². The van der Waals surface area contributed by atoms with Crippen molar-refractivity contribution < 1.29 is 9.59 Å². The molecule has 0 spiro atoms. The van der Waals surface area contributed by atoms with Crippen LogP contribution in [0.5, 0.6) is 0 Å². The number of carbonyl (C=O) groups excluding carboxylic acids is 2. The summed E-state index contributed by atoms with van der Waals surface area (Å²) in [5.74, 6) is -0.157. The maximum atomic E-state index is 12.3. The molecule has 1 aliphatic rings. The van der Waals surface area contributed by atoms with Crippen molar-refractivity contribution in [1.29, 1.82) is 0 Å². The number of nitrogens with zero attached hydrogens (tertiary/aromatic N) is 3. The summed E-state index contributed by atoms with van der Waals surface area (Å²) >= 11 is 0. The van der Waals surface area contributed by atoms with E-state index in [-0.39, 0.29) is 11.9 Å². The van der Waals surface area contributed by atoms with E-state index in [4.69, 9.17) is 0 Å². The smallest absolute Gasteiger partial charge is 0.329 e. The third-order valence-electron chi connectivity index (χ3n) is 2.97. The van der Waals surface area contributed by atoms with Crippen LogP contribution in [0.2, 0.25) is 0 Å². The first-order valence-corrected chi connectivity index (χ1v) is 5.78. The van der Waals surface area contributed by atoms with Crippen LogP contribution in [-0.2, 0) is 0 Å². The quantitative estimate of drug-likeness (QED) is 0.710. The third-order valence-corrected chi connectivity index (χ3v) is 2.97. The van der Waals surface area contributed by atoms with Crippen molar-refractivity contribution in [3.8, 4) is 0 Å². The fourth-order valence-electron chi connectivity index (χ4n) is 1.92. The SMILES string of the molecule is CN(C)C(=O)N1N(C(=O)c2ccccc2)C1(C)C. The minimum absolute atomic E-state index is 0.157. The Balaban J connectivity index is 2.21. The van der Waals surface area contributed by atoms with E-state index < -0.39 is 5.66 Å². The van der Waals surface area contributed by atoms with Crippen LogP contribution < -0.4 is 0 Å². The highest BCUT2D eigenvalue weighted by atomic mass is 16.2. The van der Waals surface area contributed by atoms with Crippen LogP contribution in [0.15, 0.2) is 30.3 Å². The lowest BCUT2D eigenvalue weighted by molar-refractivity contribution is 0.0803. The molecule has 1 fully saturated rings. The van der Waals surface area contributed by atoms with Crippen molar-refractivity contribution in [2.45, 2.75) is 19.5 Å². The maximum absolute atomic E-state index is 12.3. The Morgan fingerprint density at radius 2 is 1.61 bits per heavy atom. The Bertz CT molecular complexity index is 482. The topological polar surface area (TPSA) is 43.4 Å². The molecule has 0 atom stereocenters. The van der Waals surface area contributed by atoms with Gasteiger partial charge in [-0.1, -0.05) is 18.2 Å². The average molecular weight is 247 g/mol. The second-order valence-corrected chi connectivity index (χ2v) is 4.97. The third kappa shape index (κ3) is 1.81. The van der Waals surface area contributed by atoms with Crippen LogP contribution in [0.25, 0.3) is 0 Å². The lowest BCUT2D eigenvalue weighted by Crippen LogP contribution is -2.31. The lowest BCUT2D eigenvalue weighted by Gasteiger charge is -2.11. The van der Waals surface area contributed by atoms with E-state index in [1.54, 1.807) is 26.2 Å². The van der Waals surface area contributed by atoms with E-state index in [0.29, 0.717) is 5.56 Å². The van der Waals surface area contributed by atoms with Crippen molar-refractivity contribution in [3.63, 3.8) is 0 Å². The van der Waals surface area contributed by atoms with Crippen LogP contribution in [-0.4, -0.2) is 46.6 Å². The Labute approximate surface area is 107 Å². The van der Waals surface area contributed by atoms with Gasteiger partial charge in [0.2, 0.25) is 0 Å². The van der Waals surface area contributed by atoms with Gasteiger partial charge in [0, 0.05) is 19.7 Å². The van der Waals surface area contributed by atoms with E-state index >= 15 is 0 Å². The van der Waals surface area contributed by atoms with E-state index in [0.717, 1.165) is 0 Å². The molecule has 96 valence electrons. The van der Waals surface area contributed by atoms with Crippen molar-refractivity contribution in [2.24, 2.45) is 0 Å². The van der Waals surface area contributed by atoms with Crippen molar-refractivity contribution in [3.05, 3.63) is 35.9 Å². The van der Waals surface area contributed by atoms with Crippen molar-refractivity contribution in [1.82, 2.24) is 14.9 Å². The number of benzene rings is 1. The molecule has 0 unspecified atom stereocenters. The normalized spacial score (nSPS) is 16.4. The molecule has 5 heteroatoms. The lowest BCUT2D eigenvalue weighted by atomic mass is 10.2. The molecule has 0 bridgehead atoms. The Kier molecular flexibility index (Phi) is 2.77. The van der Waals surface area contributed by atoms with Crippen LogP contribution >= 0.6 is 0 Å². The zero-order chi connectivity index (χ0) is 13.5. The summed E-state index contributed by atoms with van der Waals surface area (Å²) in [6.45, 7) is 3.68. The summed E-state index contributed by atoms with van der Waals surface area (Å²) in [5.41, 5.74) is 0.0218. The summed E-state index contributed by atoms with van der Waals surface area (Å²) in [7, 11) is 3.34.